The molecule has 21 heavy (non-hydrogen) atoms. The molecule has 1 aromatic carbocycles. The Morgan fingerprint density at radius 3 is 3.05 bits per heavy atom. The van der Waals surface area contributed by atoms with Gasteiger partial charge in [-0.25, -0.2) is 4.39 Å². The summed E-state index contributed by atoms with van der Waals surface area (Å²) in [6, 6.07) is 3.73. The van der Waals surface area contributed by atoms with Crippen LogP contribution in [0.3, 0.4) is 0 Å². The van der Waals surface area contributed by atoms with Gasteiger partial charge in [0.15, 0.2) is 0 Å². The van der Waals surface area contributed by atoms with Gasteiger partial charge in [0.05, 0.1) is 5.69 Å². The predicted molar refractivity (Wildman–Crippen MR) is 79.7 cm³/mol. The smallest absolute Gasteiger partial charge is 0.266 e. The molecular weight excluding hydrogens is 293 g/mol. The number of thiophene rings is 1. The average molecular weight is 307 g/mol. The monoisotopic (exact) mass is 307 g/mol. The van der Waals surface area contributed by atoms with Crippen LogP contribution in [0.2, 0.25) is 0 Å². The molecule has 2 aromatic rings. The van der Waals surface area contributed by atoms with E-state index in [1.54, 1.807) is 13.0 Å². The van der Waals surface area contributed by atoms with Crippen molar-refractivity contribution in [3.8, 4) is 0 Å². The van der Waals surface area contributed by atoms with Crippen LogP contribution in [0.5, 0.6) is 0 Å². The SMILES string of the molecule is CC1C(=O)NCCN1C(=O)c1sc2ccc(F)cc2c1N. The molecule has 1 saturated heterocycles. The Bertz CT molecular complexity index is 743. The zero-order valence-corrected chi connectivity index (χ0v) is 12.2. The molecule has 5 nitrogen and oxygen atoms in total. The summed E-state index contributed by atoms with van der Waals surface area (Å²) in [4.78, 5) is 26.1. The van der Waals surface area contributed by atoms with Crippen molar-refractivity contribution in [1.29, 1.82) is 0 Å². The fourth-order valence-electron chi connectivity index (χ4n) is 2.44. The van der Waals surface area contributed by atoms with E-state index in [2.05, 4.69) is 5.32 Å². The molecule has 1 fully saturated rings. The number of carbonyl (C=O) groups is 2. The van der Waals surface area contributed by atoms with Gasteiger partial charge in [-0.15, -0.1) is 11.3 Å². The number of benzene rings is 1. The van der Waals surface area contributed by atoms with Crippen molar-refractivity contribution < 1.29 is 14.0 Å². The zero-order valence-electron chi connectivity index (χ0n) is 11.4. The van der Waals surface area contributed by atoms with Crippen molar-refractivity contribution in [2.45, 2.75) is 13.0 Å². The Kier molecular flexibility index (Phi) is 3.29. The lowest BCUT2D eigenvalue weighted by molar-refractivity contribution is -0.127. The van der Waals surface area contributed by atoms with Gasteiger partial charge in [-0.05, 0) is 25.1 Å². The quantitative estimate of drug-likeness (QED) is 0.840. The lowest BCUT2D eigenvalue weighted by Gasteiger charge is -2.32. The number of anilines is 1. The van der Waals surface area contributed by atoms with Gasteiger partial charge in [-0.2, -0.15) is 0 Å². The molecule has 1 aromatic heterocycles. The molecule has 1 aliphatic rings. The van der Waals surface area contributed by atoms with E-state index in [9.17, 15) is 14.0 Å². The second-order valence-electron chi connectivity index (χ2n) is 4.95. The van der Waals surface area contributed by atoms with E-state index in [1.807, 2.05) is 0 Å². The summed E-state index contributed by atoms with van der Waals surface area (Å²) in [5.74, 6) is -0.853. The second-order valence-corrected chi connectivity index (χ2v) is 6.00. The molecular formula is C14H14FN3O2S. The minimum atomic E-state index is -0.535. The largest absolute Gasteiger partial charge is 0.397 e. The normalized spacial score (nSPS) is 18.9. The summed E-state index contributed by atoms with van der Waals surface area (Å²) in [5, 5.41) is 3.25. The van der Waals surface area contributed by atoms with Crippen molar-refractivity contribution >= 4 is 38.9 Å². The van der Waals surface area contributed by atoms with Crippen LogP contribution < -0.4 is 11.1 Å². The van der Waals surface area contributed by atoms with Crippen molar-refractivity contribution in [2.24, 2.45) is 0 Å². The first-order valence-corrected chi connectivity index (χ1v) is 7.37. The molecule has 0 radical (unpaired) electrons. The lowest BCUT2D eigenvalue weighted by atomic mass is 10.1. The molecule has 3 N–H and O–H groups in total. The van der Waals surface area contributed by atoms with Gasteiger partial charge in [-0.3, -0.25) is 9.59 Å². The summed E-state index contributed by atoms with van der Waals surface area (Å²) in [6.07, 6.45) is 0. The predicted octanol–water partition coefficient (Wildman–Crippen LogP) is 1.58. The average Bonchev–Trinajstić information content (AvgIpc) is 2.78. The summed E-state index contributed by atoms with van der Waals surface area (Å²) in [5.41, 5.74) is 6.27. The molecule has 0 bridgehead atoms. The summed E-state index contributed by atoms with van der Waals surface area (Å²) < 4.78 is 14.1. The van der Waals surface area contributed by atoms with Crippen LogP contribution in [0, 0.1) is 5.82 Å². The van der Waals surface area contributed by atoms with Crippen LogP contribution >= 0.6 is 11.3 Å². The summed E-state index contributed by atoms with van der Waals surface area (Å²) >= 11 is 1.22. The first-order chi connectivity index (χ1) is 9.99. The molecule has 1 atom stereocenters. The third-order valence-corrected chi connectivity index (χ3v) is 4.82. The number of hydrogen-bond acceptors (Lipinski definition) is 4. The van der Waals surface area contributed by atoms with Crippen LogP contribution in [0.4, 0.5) is 10.1 Å². The fraction of sp³-hybridized carbons (Fsp3) is 0.286. The maximum atomic E-state index is 13.3. The molecule has 0 spiro atoms. The number of nitrogens with one attached hydrogen (secondary N) is 1. The number of nitrogen functional groups attached to an aromatic ring is 1. The van der Waals surface area contributed by atoms with Crippen molar-refractivity contribution in [3.63, 3.8) is 0 Å². The van der Waals surface area contributed by atoms with Gasteiger partial charge in [0, 0.05) is 23.2 Å². The number of carbonyl (C=O) groups excluding carboxylic acids is 2. The van der Waals surface area contributed by atoms with E-state index in [0.717, 1.165) is 4.70 Å². The van der Waals surface area contributed by atoms with Gasteiger partial charge in [-0.1, -0.05) is 0 Å². The zero-order chi connectivity index (χ0) is 15.1. The van der Waals surface area contributed by atoms with Crippen LogP contribution in [-0.4, -0.2) is 35.8 Å². The number of nitrogens with zero attached hydrogens (tertiary/aromatic N) is 1. The fourth-order valence-corrected chi connectivity index (χ4v) is 3.50. The molecule has 3 rings (SSSR count). The molecule has 0 aliphatic carbocycles. The Labute approximate surface area is 124 Å². The minimum Gasteiger partial charge on any atom is -0.397 e. The number of piperazine rings is 1. The maximum absolute atomic E-state index is 13.3. The molecule has 0 saturated carbocycles. The van der Waals surface area contributed by atoms with Gasteiger partial charge >= 0.3 is 0 Å². The van der Waals surface area contributed by atoms with E-state index in [1.165, 1.54) is 28.4 Å². The standard InChI is InChI=1S/C14H14FN3O2S/c1-7-13(19)17-4-5-18(7)14(20)12-11(16)9-6-8(15)2-3-10(9)21-12/h2-3,6-7H,4-5,16H2,1H3,(H,17,19). The Hall–Kier alpha value is -2.15. The molecule has 1 aliphatic heterocycles. The lowest BCUT2D eigenvalue weighted by Crippen LogP contribution is -2.55. The second kappa shape index (κ2) is 5.00. The van der Waals surface area contributed by atoms with Gasteiger partial charge < -0.3 is 16.0 Å². The number of halogens is 1. The Morgan fingerprint density at radius 2 is 2.29 bits per heavy atom. The number of nitrogens with two attached hydrogens (primary N) is 1. The number of amides is 2. The van der Waals surface area contributed by atoms with Crippen LogP contribution in [-0.2, 0) is 4.79 Å². The van der Waals surface area contributed by atoms with E-state index in [4.69, 9.17) is 5.73 Å². The number of hydrogen-bond donors (Lipinski definition) is 2. The number of rotatable bonds is 1. The molecule has 110 valence electrons. The maximum Gasteiger partial charge on any atom is 0.266 e. The van der Waals surface area contributed by atoms with E-state index in [-0.39, 0.29) is 17.5 Å². The minimum absolute atomic E-state index is 0.180. The van der Waals surface area contributed by atoms with Crippen molar-refractivity contribution in [2.75, 3.05) is 18.8 Å². The molecule has 2 heterocycles. The highest BCUT2D eigenvalue weighted by Gasteiger charge is 2.32. The van der Waals surface area contributed by atoms with Gasteiger partial charge in [0.2, 0.25) is 5.91 Å². The summed E-state index contributed by atoms with van der Waals surface area (Å²) in [6.45, 7) is 2.54. The van der Waals surface area contributed by atoms with Crippen molar-refractivity contribution in [1.82, 2.24) is 10.2 Å². The van der Waals surface area contributed by atoms with Crippen LogP contribution in [0.1, 0.15) is 16.6 Å². The van der Waals surface area contributed by atoms with Gasteiger partial charge in [0.25, 0.3) is 5.91 Å². The van der Waals surface area contributed by atoms with E-state index < -0.39 is 11.9 Å². The highest BCUT2D eigenvalue weighted by molar-refractivity contribution is 7.21. The first kappa shape index (κ1) is 13.8. The highest BCUT2D eigenvalue weighted by atomic mass is 32.1. The van der Waals surface area contributed by atoms with Crippen molar-refractivity contribution in [3.05, 3.63) is 28.9 Å². The molecule has 1 unspecified atom stereocenters. The van der Waals surface area contributed by atoms with Crippen LogP contribution in [0.15, 0.2) is 18.2 Å². The molecule has 2 amide bonds. The number of fused-ring (bicyclic) bond motifs is 1. The van der Waals surface area contributed by atoms with Crippen LogP contribution in [0.25, 0.3) is 10.1 Å². The van der Waals surface area contributed by atoms with E-state index >= 15 is 0 Å². The van der Waals surface area contributed by atoms with E-state index in [0.29, 0.717) is 23.4 Å². The highest BCUT2D eigenvalue weighted by Crippen LogP contribution is 2.35. The van der Waals surface area contributed by atoms with Gasteiger partial charge in [0.1, 0.15) is 16.7 Å². The Balaban J connectivity index is 2.01. The Morgan fingerprint density at radius 1 is 1.52 bits per heavy atom. The third-order valence-electron chi connectivity index (χ3n) is 3.64. The third kappa shape index (κ3) is 2.23. The molecule has 7 heteroatoms. The first-order valence-electron chi connectivity index (χ1n) is 6.55. The summed E-state index contributed by atoms with van der Waals surface area (Å²) in [7, 11) is 0. The topological polar surface area (TPSA) is 75.4 Å².